The summed E-state index contributed by atoms with van der Waals surface area (Å²) < 4.78 is 0. The van der Waals surface area contributed by atoms with Crippen LogP contribution in [-0.4, -0.2) is 23.1 Å². The first-order chi connectivity index (χ1) is 17.2. The van der Waals surface area contributed by atoms with Gasteiger partial charge in [-0.1, -0.05) is 78.7 Å². The summed E-state index contributed by atoms with van der Waals surface area (Å²) in [6, 6.07) is 24.7. The van der Waals surface area contributed by atoms with E-state index in [1.165, 1.54) is 36.8 Å². The van der Waals surface area contributed by atoms with Gasteiger partial charge in [0.2, 0.25) is 0 Å². The predicted octanol–water partition coefficient (Wildman–Crippen LogP) is 7.30. The number of hydrogen-bond acceptors (Lipinski definition) is 4. The molecule has 3 aromatic carbocycles. The fraction of sp³-hybridized carbons (Fsp3) is 0.267. The van der Waals surface area contributed by atoms with E-state index in [-0.39, 0.29) is 0 Å². The number of hydrogen-bond donors (Lipinski definition) is 2. The Labute approximate surface area is 212 Å². The molecule has 3 N–H and O–H groups in total. The van der Waals surface area contributed by atoms with E-state index < -0.39 is 0 Å². The zero-order valence-corrected chi connectivity index (χ0v) is 20.6. The summed E-state index contributed by atoms with van der Waals surface area (Å²) in [7, 11) is 0. The number of nitrogens with zero attached hydrogens (tertiary/aromatic N) is 2. The first kappa shape index (κ1) is 23.5. The Morgan fingerprint density at radius 1 is 0.886 bits per heavy atom. The van der Waals surface area contributed by atoms with Crippen LogP contribution in [0.1, 0.15) is 37.1 Å². The van der Waals surface area contributed by atoms with Crippen molar-refractivity contribution in [1.29, 1.82) is 0 Å². The highest BCUT2D eigenvalue weighted by atomic mass is 35.5. The van der Waals surface area contributed by atoms with Crippen molar-refractivity contribution in [2.75, 3.05) is 18.4 Å². The van der Waals surface area contributed by atoms with E-state index in [1.807, 2.05) is 30.3 Å². The van der Waals surface area contributed by atoms with Gasteiger partial charge in [-0.15, -0.1) is 0 Å². The lowest BCUT2D eigenvalue weighted by Crippen LogP contribution is -2.26. The minimum atomic E-state index is 0.622. The summed E-state index contributed by atoms with van der Waals surface area (Å²) in [6.45, 7) is 1.68. The first-order valence-electron chi connectivity index (χ1n) is 12.4. The first-order valence-corrected chi connectivity index (χ1v) is 12.8. The average Bonchev–Trinajstić information content (AvgIpc) is 2.91. The Kier molecular flexibility index (Phi) is 7.41. The molecule has 2 unspecified atom stereocenters. The van der Waals surface area contributed by atoms with Crippen LogP contribution in [0.4, 0.5) is 5.82 Å². The molecular formula is C30H31ClN4. The predicted molar refractivity (Wildman–Crippen MR) is 148 cm³/mol. The Hall–Kier alpha value is -3.21. The van der Waals surface area contributed by atoms with Crippen LogP contribution in [0.25, 0.3) is 34.2 Å². The van der Waals surface area contributed by atoms with Crippen molar-refractivity contribution < 1.29 is 0 Å². The molecule has 1 aromatic heterocycles. The second-order valence-electron chi connectivity index (χ2n) is 9.43. The number of nitrogens with two attached hydrogens (primary N) is 1. The lowest BCUT2D eigenvalue weighted by atomic mass is 9.81. The van der Waals surface area contributed by atoms with Crippen LogP contribution in [-0.2, 0) is 0 Å². The molecule has 4 aromatic rings. The van der Waals surface area contributed by atoms with Gasteiger partial charge in [-0.2, -0.15) is 0 Å². The molecule has 5 heteroatoms. The van der Waals surface area contributed by atoms with E-state index >= 15 is 0 Å². The lowest BCUT2D eigenvalue weighted by Gasteiger charge is -2.28. The molecule has 4 nitrogen and oxygen atoms in total. The molecule has 0 saturated heterocycles. The molecule has 1 saturated carbocycles. The second-order valence-corrected chi connectivity index (χ2v) is 9.86. The minimum Gasteiger partial charge on any atom is -0.369 e. The average molecular weight is 483 g/mol. The highest BCUT2D eigenvalue weighted by Gasteiger charge is 2.21. The van der Waals surface area contributed by atoms with E-state index in [2.05, 4.69) is 59.9 Å². The van der Waals surface area contributed by atoms with Crippen molar-refractivity contribution in [2.24, 2.45) is 17.6 Å². The Balaban J connectivity index is 1.36. The standard InChI is InChI=1S/C30H31ClN4/c31-26-14-15-27-28(18-26)34-29(35-30(27)33-20-23-6-4-5-22(17-23)19-32)16-11-21-9-12-25(13-10-21)24-7-2-1-3-8-24/h1-3,7-16,18,22-23H,4-6,17,19-20,32H2,(H,33,34,35)/b16-11+. The van der Waals surface area contributed by atoms with Gasteiger partial charge in [0.25, 0.3) is 0 Å². The number of benzene rings is 3. The van der Waals surface area contributed by atoms with Gasteiger partial charge < -0.3 is 11.1 Å². The van der Waals surface area contributed by atoms with E-state index in [1.54, 1.807) is 0 Å². The summed E-state index contributed by atoms with van der Waals surface area (Å²) in [4.78, 5) is 9.62. The highest BCUT2D eigenvalue weighted by Crippen LogP contribution is 2.30. The van der Waals surface area contributed by atoms with Gasteiger partial charge in [-0.3, -0.25) is 0 Å². The third kappa shape index (κ3) is 5.90. The van der Waals surface area contributed by atoms with Crippen LogP contribution in [0.2, 0.25) is 5.02 Å². The summed E-state index contributed by atoms with van der Waals surface area (Å²) >= 11 is 6.28. The van der Waals surface area contributed by atoms with Crippen LogP contribution in [0.15, 0.2) is 72.8 Å². The summed E-state index contributed by atoms with van der Waals surface area (Å²) in [6.07, 6.45) is 8.95. The number of anilines is 1. The summed E-state index contributed by atoms with van der Waals surface area (Å²) in [5, 5.41) is 5.28. The zero-order chi connectivity index (χ0) is 24.0. The van der Waals surface area contributed by atoms with Crippen molar-refractivity contribution >= 4 is 40.5 Å². The molecule has 1 heterocycles. The van der Waals surface area contributed by atoms with Gasteiger partial charge in [-0.25, -0.2) is 9.97 Å². The zero-order valence-electron chi connectivity index (χ0n) is 19.8. The van der Waals surface area contributed by atoms with Crippen molar-refractivity contribution in [3.8, 4) is 11.1 Å². The number of halogens is 1. The molecule has 5 rings (SSSR count). The van der Waals surface area contributed by atoms with Gasteiger partial charge in [0, 0.05) is 17.0 Å². The smallest absolute Gasteiger partial charge is 0.154 e. The number of aromatic nitrogens is 2. The molecule has 178 valence electrons. The lowest BCUT2D eigenvalue weighted by molar-refractivity contribution is 0.281. The van der Waals surface area contributed by atoms with Gasteiger partial charge in [0.1, 0.15) is 5.82 Å². The summed E-state index contributed by atoms with van der Waals surface area (Å²) in [5.74, 6) is 2.79. The van der Waals surface area contributed by atoms with E-state index in [4.69, 9.17) is 27.3 Å². The van der Waals surface area contributed by atoms with Crippen molar-refractivity contribution in [2.45, 2.75) is 25.7 Å². The van der Waals surface area contributed by atoms with E-state index in [0.717, 1.165) is 35.4 Å². The third-order valence-corrected chi connectivity index (χ3v) is 7.14. The molecule has 1 aliphatic rings. The Bertz CT molecular complexity index is 1300. The quantitative estimate of drug-likeness (QED) is 0.290. The maximum Gasteiger partial charge on any atom is 0.154 e. The molecule has 1 aliphatic carbocycles. The van der Waals surface area contributed by atoms with Crippen molar-refractivity contribution in [3.63, 3.8) is 0 Å². The summed E-state index contributed by atoms with van der Waals surface area (Å²) in [5.41, 5.74) is 10.3. The van der Waals surface area contributed by atoms with Crippen LogP contribution in [0.5, 0.6) is 0 Å². The highest BCUT2D eigenvalue weighted by molar-refractivity contribution is 6.31. The van der Waals surface area contributed by atoms with Gasteiger partial charge >= 0.3 is 0 Å². The van der Waals surface area contributed by atoms with Crippen molar-refractivity contribution in [3.05, 3.63) is 89.2 Å². The molecule has 35 heavy (non-hydrogen) atoms. The van der Waals surface area contributed by atoms with Gasteiger partial charge in [0.15, 0.2) is 5.82 Å². The minimum absolute atomic E-state index is 0.622. The molecule has 2 atom stereocenters. The van der Waals surface area contributed by atoms with Gasteiger partial charge in [-0.05, 0) is 78.6 Å². The molecule has 0 radical (unpaired) electrons. The van der Waals surface area contributed by atoms with Crippen LogP contribution < -0.4 is 11.1 Å². The third-order valence-electron chi connectivity index (χ3n) is 6.90. The molecule has 0 amide bonds. The van der Waals surface area contributed by atoms with E-state index in [0.29, 0.717) is 22.7 Å². The van der Waals surface area contributed by atoms with Crippen LogP contribution >= 0.6 is 11.6 Å². The molecule has 0 aliphatic heterocycles. The van der Waals surface area contributed by atoms with E-state index in [9.17, 15) is 0 Å². The second kappa shape index (κ2) is 11.0. The molecule has 0 spiro atoms. The topological polar surface area (TPSA) is 63.8 Å². The van der Waals surface area contributed by atoms with Gasteiger partial charge in [0.05, 0.1) is 5.52 Å². The number of nitrogens with one attached hydrogen (secondary N) is 1. The number of rotatable bonds is 7. The van der Waals surface area contributed by atoms with Crippen LogP contribution in [0, 0.1) is 11.8 Å². The maximum absolute atomic E-state index is 6.28. The largest absolute Gasteiger partial charge is 0.369 e. The molecule has 1 fully saturated rings. The van der Waals surface area contributed by atoms with Crippen molar-refractivity contribution in [1.82, 2.24) is 9.97 Å². The Morgan fingerprint density at radius 3 is 2.46 bits per heavy atom. The normalized spacial score (nSPS) is 18.2. The maximum atomic E-state index is 6.28. The Morgan fingerprint density at radius 2 is 1.66 bits per heavy atom. The molecular weight excluding hydrogens is 452 g/mol. The monoisotopic (exact) mass is 482 g/mol. The number of fused-ring (bicyclic) bond motifs is 1. The van der Waals surface area contributed by atoms with Crippen LogP contribution in [0.3, 0.4) is 0 Å². The fourth-order valence-electron chi connectivity index (χ4n) is 4.96. The fourth-order valence-corrected chi connectivity index (χ4v) is 5.13. The SMILES string of the molecule is NCC1CCCC(CNc2nc(/C=C/c3ccc(-c4ccccc4)cc3)nc3cc(Cl)ccc23)C1. The molecule has 0 bridgehead atoms.